The smallest absolute Gasteiger partial charge is 0.326 e. The summed E-state index contributed by atoms with van der Waals surface area (Å²) >= 11 is 26.4. The van der Waals surface area contributed by atoms with Crippen molar-refractivity contribution in [1.29, 1.82) is 0 Å². The molecule has 224 valence electrons. The second-order valence-electron chi connectivity index (χ2n) is 7.95. The summed E-state index contributed by atoms with van der Waals surface area (Å²) in [5.41, 5.74) is 5.64. The molecule has 3 aromatic carbocycles. The quantitative estimate of drug-likeness (QED) is 0.0881. The Balaban J connectivity index is 0.000000175. The van der Waals surface area contributed by atoms with Crippen LogP contribution in [0.25, 0.3) is 32.7 Å². The first-order valence-electron chi connectivity index (χ1n) is 10.9. The van der Waals surface area contributed by atoms with Crippen LogP contribution in [0.15, 0.2) is 59.4 Å². The van der Waals surface area contributed by atoms with Gasteiger partial charge in [-0.1, -0.05) is 11.6 Å². The first-order chi connectivity index (χ1) is 19.7. The van der Waals surface area contributed by atoms with E-state index in [0.29, 0.717) is 40.7 Å². The molecule has 0 aliphatic heterocycles. The number of nitrogens with two attached hydrogens (primary N) is 1. The maximum atomic E-state index is 13.0. The molecule has 6 aromatic rings. The topological polar surface area (TPSA) is 178 Å². The van der Waals surface area contributed by atoms with E-state index in [0.717, 1.165) is 6.07 Å². The van der Waals surface area contributed by atoms with Crippen LogP contribution in [-0.4, -0.2) is 29.9 Å². The minimum absolute atomic E-state index is 0. The molecule has 10 nitrogen and oxygen atoms in total. The summed E-state index contributed by atoms with van der Waals surface area (Å²) in [5, 5.41) is 1.21. The average molecular weight is 848 g/mol. The van der Waals surface area contributed by atoms with Crippen LogP contribution in [0.4, 0.5) is 19.0 Å². The van der Waals surface area contributed by atoms with Gasteiger partial charge in [-0.25, -0.2) is 37.9 Å². The van der Waals surface area contributed by atoms with E-state index in [1.807, 2.05) is 4.98 Å². The standard InChI is InChI=1S/C8H2BrCl2FN2.C8H4BrClFN3.C8H4BrFN2O2.H3N/c9-5-2-3(12)1-4-6(5)13-8(11)14-7(4)10;9-5-2-3(11)1-4-6(5)13-8(10)14-7(4)12;9-5-2-3(10)1-4-6(5)11-8(14)12-7(4)13;/h1-2H;1-2H,(H2,12,13,14);1-2H,(H2,11,12,13,14);1H3. The molecule has 0 radical (unpaired) electrons. The summed E-state index contributed by atoms with van der Waals surface area (Å²) in [4.78, 5) is 41.9. The van der Waals surface area contributed by atoms with Gasteiger partial charge in [0.1, 0.15) is 28.4 Å². The molecule has 0 saturated heterocycles. The fourth-order valence-corrected chi connectivity index (χ4v) is 5.63. The molecule has 0 unspecified atom stereocenters. The average Bonchev–Trinajstić information content (AvgIpc) is 2.87. The summed E-state index contributed by atoms with van der Waals surface area (Å²) in [6.45, 7) is 0. The highest BCUT2D eigenvalue weighted by atomic mass is 79.9. The van der Waals surface area contributed by atoms with Crippen LogP contribution in [-0.2, 0) is 0 Å². The van der Waals surface area contributed by atoms with Crippen molar-refractivity contribution >= 4 is 121 Å². The van der Waals surface area contributed by atoms with Crippen LogP contribution in [0.3, 0.4) is 0 Å². The lowest BCUT2D eigenvalue weighted by molar-refractivity contribution is 0.628. The van der Waals surface area contributed by atoms with Crippen LogP contribution in [0.1, 0.15) is 0 Å². The van der Waals surface area contributed by atoms with Crippen molar-refractivity contribution in [2.75, 3.05) is 5.73 Å². The van der Waals surface area contributed by atoms with Gasteiger partial charge in [-0.3, -0.25) is 9.78 Å². The Hall–Kier alpha value is -2.86. The lowest BCUT2D eigenvalue weighted by Crippen LogP contribution is -2.22. The zero-order chi connectivity index (χ0) is 30.9. The minimum Gasteiger partial charge on any atom is -0.383 e. The van der Waals surface area contributed by atoms with E-state index in [9.17, 15) is 22.8 Å². The van der Waals surface area contributed by atoms with E-state index < -0.39 is 28.7 Å². The molecular weight excluding hydrogens is 835 g/mol. The molecular formula is C24H13Br3Cl3F3N8O2. The maximum absolute atomic E-state index is 13.0. The Morgan fingerprint density at radius 3 is 1.70 bits per heavy atom. The number of fused-ring (bicyclic) bond motifs is 3. The van der Waals surface area contributed by atoms with Gasteiger partial charge in [0.2, 0.25) is 10.6 Å². The molecule has 6 rings (SSSR count). The fourth-order valence-electron chi connectivity index (χ4n) is 3.44. The number of nitrogens with one attached hydrogen (secondary N) is 2. The molecule has 0 fully saturated rings. The largest absolute Gasteiger partial charge is 0.383 e. The molecule has 3 heterocycles. The van der Waals surface area contributed by atoms with E-state index in [1.54, 1.807) is 0 Å². The van der Waals surface area contributed by atoms with E-state index >= 15 is 0 Å². The number of hydrogen-bond acceptors (Lipinski definition) is 8. The molecule has 0 saturated carbocycles. The third kappa shape index (κ3) is 8.20. The molecule has 0 spiro atoms. The number of rotatable bonds is 0. The van der Waals surface area contributed by atoms with Crippen molar-refractivity contribution in [1.82, 2.24) is 36.1 Å². The van der Waals surface area contributed by atoms with Gasteiger partial charge in [0.05, 0.1) is 21.9 Å². The number of nitrogen functional groups attached to an aromatic ring is 1. The van der Waals surface area contributed by atoms with Crippen molar-refractivity contribution < 1.29 is 13.2 Å². The van der Waals surface area contributed by atoms with E-state index in [4.69, 9.17) is 40.5 Å². The maximum Gasteiger partial charge on any atom is 0.326 e. The molecule has 0 bridgehead atoms. The highest BCUT2D eigenvalue weighted by Crippen LogP contribution is 2.29. The van der Waals surface area contributed by atoms with Crippen molar-refractivity contribution in [3.05, 3.63) is 104 Å². The van der Waals surface area contributed by atoms with Gasteiger partial charge >= 0.3 is 5.69 Å². The van der Waals surface area contributed by atoms with Crippen molar-refractivity contribution in [3.8, 4) is 0 Å². The third-order valence-corrected chi connectivity index (χ3v) is 7.59. The highest BCUT2D eigenvalue weighted by molar-refractivity contribution is 9.11. The lowest BCUT2D eigenvalue weighted by Gasteiger charge is -2.03. The number of aromatic nitrogens is 6. The van der Waals surface area contributed by atoms with Gasteiger partial charge < -0.3 is 16.9 Å². The van der Waals surface area contributed by atoms with Crippen molar-refractivity contribution in [2.24, 2.45) is 0 Å². The summed E-state index contributed by atoms with van der Waals surface area (Å²) in [7, 11) is 0. The Morgan fingerprint density at radius 1 is 0.651 bits per heavy atom. The van der Waals surface area contributed by atoms with Gasteiger partial charge in [-0.05, 0) is 107 Å². The number of hydrogen-bond donors (Lipinski definition) is 4. The van der Waals surface area contributed by atoms with Gasteiger partial charge in [0.15, 0.2) is 0 Å². The monoisotopic (exact) mass is 844 g/mol. The first-order valence-corrected chi connectivity index (χ1v) is 14.4. The third-order valence-electron chi connectivity index (χ3n) is 5.13. The highest BCUT2D eigenvalue weighted by Gasteiger charge is 2.10. The Kier molecular flexibility index (Phi) is 11.5. The van der Waals surface area contributed by atoms with Gasteiger partial charge in [0.25, 0.3) is 5.56 Å². The molecule has 0 amide bonds. The zero-order valence-electron chi connectivity index (χ0n) is 20.8. The predicted octanol–water partition coefficient (Wildman–Crippen LogP) is 7.89. The molecule has 43 heavy (non-hydrogen) atoms. The number of halogens is 9. The summed E-state index contributed by atoms with van der Waals surface area (Å²) in [6, 6.07) is 7.37. The summed E-state index contributed by atoms with van der Waals surface area (Å²) in [6.07, 6.45) is 0. The fraction of sp³-hybridized carbons (Fsp3) is 0. The van der Waals surface area contributed by atoms with Gasteiger partial charge in [-0.15, -0.1) is 0 Å². The SMILES string of the molecule is Fc1cc(Br)c2nc(Cl)nc(Cl)c2c1.N.Nc1nc(Cl)nc2c(Br)cc(F)cc12.O=c1[nH]c(=O)c2cc(F)cc(Br)c2[nH]1. The van der Waals surface area contributed by atoms with Crippen LogP contribution in [0.2, 0.25) is 15.7 Å². The molecule has 19 heteroatoms. The van der Waals surface area contributed by atoms with Gasteiger partial charge in [-0.2, -0.15) is 0 Å². The van der Waals surface area contributed by atoms with Crippen LogP contribution < -0.4 is 23.1 Å². The second kappa shape index (κ2) is 14.3. The summed E-state index contributed by atoms with van der Waals surface area (Å²) < 4.78 is 40.3. The lowest BCUT2D eigenvalue weighted by atomic mass is 10.2. The number of anilines is 1. The van der Waals surface area contributed by atoms with E-state index in [1.165, 1.54) is 30.3 Å². The molecule has 0 aliphatic rings. The number of H-pyrrole nitrogens is 2. The molecule has 7 N–H and O–H groups in total. The molecule has 3 aromatic heterocycles. The summed E-state index contributed by atoms with van der Waals surface area (Å²) in [5.74, 6) is -1.18. The Morgan fingerprint density at radius 2 is 1.12 bits per heavy atom. The first kappa shape index (κ1) is 34.6. The normalized spacial score (nSPS) is 10.5. The predicted molar refractivity (Wildman–Crippen MR) is 172 cm³/mol. The van der Waals surface area contributed by atoms with Crippen LogP contribution in [0.5, 0.6) is 0 Å². The number of nitrogens with zero attached hydrogens (tertiary/aromatic N) is 4. The van der Waals surface area contributed by atoms with Crippen molar-refractivity contribution in [3.63, 3.8) is 0 Å². The van der Waals surface area contributed by atoms with Gasteiger partial charge in [0, 0.05) is 24.2 Å². The number of benzene rings is 3. The van der Waals surface area contributed by atoms with Crippen molar-refractivity contribution in [2.45, 2.75) is 0 Å². The Bertz CT molecular complexity index is 1950. The van der Waals surface area contributed by atoms with Crippen LogP contribution >= 0.6 is 82.6 Å². The van der Waals surface area contributed by atoms with E-state index in [2.05, 4.69) is 72.7 Å². The van der Waals surface area contributed by atoms with E-state index in [-0.39, 0.29) is 33.1 Å². The minimum atomic E-state index is -0.616. The van der Waals surface area contributed by atoms with Crippen LogP contribution in [0, 0.1) is 17.5 Å². The zero-order valence-corrected chi connectivity index (χ0v) is 27.8. The second-order valence-corrected chi connectivity index (χ2v) is 11.5. The Labute approximate surface area is 278 Å². The molecule has 0 aliphatic carbocycles. The number of aromatic amines is 2. The molecule has 0 atom stereocenters.